The summed E-state index contributed by atoms with van der Waals surface area (Å²) < 4.78 is 12.9. The highest BCUT2D eigenvalue weighted by Crippen LogP contribution is 2.15. The minimum Gasteiger partial charge on any atom is -0.316 e. The molecule has 17 heavy (non-hydrogen) atoms. The fourth-order valence-corrected chi connectivity index (χ4v) is 1.72. The first-order valence-electron chi connectivity index (χ1n) is 5.73. The average molecular weight is 258 g/mol. The predicted octanol–water partition coefficient (Wildman–Crippen LogP) is 2.98. The number of Topliss-reactive ketones (excluding diaryl/α,β-unsaturated/α-hetero) is 1. The van der Waals surface area contributed by atoms with Gasteiger partial charge in [-0.3, -0.25) is 0 Å². The Morgan fingerprint density at radius 1 is 1.41 bits per heavy atom. The molecule has 0 fully saturated rings. The molecule has 0 heterocycles. The van der Waals surface area contributed by atoms with Crippen molar-refractivity contribution in [2.45, 2.75) is 26.2 Å². The van der Waals surface area contributed by atoms with Crippen LogP contribution in [0.15, 0.2) is 18.2 Å². The monoisotopic (exact) mass is 257 g/mol. The molecule has 2 nitrogen and oxygen atoms in total. The molecule has 0 radical (unpaired) electrons. The lowest BCUT2D eigenvalue weighted by Gasteiger charge is -2.05. The summed E-state index contributed by atoms with van der Waals surface area (Å²) in [6.45, 7) is 3.23. The van der Waals surface area contributed by atoms with E-state index in [1.807, 2.05) is 0 Å². The molecule has 0 aliphatic carbocycles. The topological polar surface area (TPSA) is 29.1 Å². The van der Waals surface area contributed by atoms with Gasteiger partial charge in [0, 0.05) is 6.42 Å². The van der Waals surface area contributed by atoms with E-state index in [0.717, 1.165) is 31.5 Å². The van der Waals surface area contributed by atoms with Crippen LogP contribution in [0.2, 0.25) is 5.02 Å². The third kappa shape index (κ3) is 5.80. The Morgan fingerprint density at radius 2 is 2.18 bits per heavy atom. The van der Waals surface area contributed by atoms with Crippen molar-refractivity contribution < 1.29 is 9.18 Å². The molecular weight excluding hydrogens is 241 g/mol. The highest BCUT2D eigenvalue weighted by molar-refractivity contribution is 6.30. The Balaban J connectivity index is 2.18. The molecule has 0 aliphatic heterocycles. The van der Waals surface area contributed by atoms with Crippen molar-refractivity contribution in [3.63, 3.8) is 0 Å². The number of hydrogen-bond acceptors (Lipinski definition) is 2. The summed E-state index contributed by atoms with van der Waals surface area (Å²) in [5.41, 5.74) is 1.01. The molecule has 0 amide bonds. The molecule has 0 bridgehead atoms. The predicted molar refractivity (Wildman–Crippen MR) is 67.9 cm³/mol. The number of benzene rings is 1. The van der Waals surface area contributed by atoms with Crippen LogP contribution < -0.4 is 5.32 Å². The van der Waals surface area contributed by atoms with Gasteiger partial charge in [0.15, 0.2) is 0 Å². The Kier molecular flexibility index (Phi) is 6.16. The van der Waals surface area contributed by atoms with Crippen LogP contribution in [-0.2, 0) is 11.2 Å². The second-order valence-electron chi connectivity index (χ2n) is 4.05. The van der Waals surface area contributed by atoms with Crippen molar-refractivity contribution >= 4 is 17.4 Å². The van der Waals surface area contributed by atoms with Gasteiger partial charge < -0.3 is 10.1 Å². The number of ketones is 1. The summed E-state index contributed by atoms with van der Waals surface area (Å²) in [5, 5.41) is 3.40. The second-order valence-corrected chi connectivity index (χ2v) is 4.46. The average Bonchev–Trinajstić information content (AvgIpc) is 2.27. The first kappa shape index (κ1) is 14.1. The Hall–Kier alpha value is -0.930. The van der Waals surface area contributed by atoms with Crippen LogP contribution in [0.1, 0.15) is 25.3 Å². The normalized spacial score (nSPS) is 10.5. The molecule has 1 aromatic carbocycles. The van der Waals surface area contributed by atoms with E-state index in [1.54, 1.807) is 19.1 Å². The van der Waals surface area contributed by atoms with E-state index in [1.165, 1.54) is 6.07 Å². The van der Waals surface area contributed by atoms with Crippen molar-refractivity contribution in [3.05, 3.63) is 34.6 Å². The molecule has 0 unspecified atom stereocenters. The van der Waals surface area contributed by atoms with E-state index in [-0.39, 0.29) is 16.6 Å². The molecule has 1 N–H and O–H groups in total. The molecule has 4 heteroatoms. The van der Waals surface area contributed by atoms with Crippen LogP contribution in [0, 0.1) is 5.82 Å². The van der Waals surface area contributed by atoms with Crippen molar-refractivity contribution in [2.24, 2.45) is 0 Å². The summed E-state index contributed by atoms with van der Waals surface area (Å²) in [4.78, 5) is 10.7. The third-order valence-corrected chi connectivity index (χ3v) is 2.75. The Labute approximate surface area is 106 Å². The van der Waals surface area contributed by atoms with Crippen molar-refractivity contribution in [2.75, 3.05) is 13.1 Å². The van der Waals surface area contributed by atoms with Gasteiger partial charge in [0.2, 0.25) is 0 Å². The first-order valence-corrected chi connectivity index (χ1v) is 6.11. The van der Waals surface area contributed by atoms with Gasteiger partial charge in [-0.2, -0.15) is 0 Å². The third-order valence-electron chi connectivity index (χ3n) is 2.46. The van der Waals surface area contributed by atoms with E-state index < -0.39 is 0 Å². The molecule has 1 aromatic rings. The largest absolute Gasteiger partial charge is 0.316 e. The van der Waals surface area contributed by atoms with Crippen molar-refractivity contribution in [3.8, 4) is 0 Å². The highest BCUT2D eigenvalue weighted by Gasteiger charge is 2.00. The number of carbonyl (C=O) groups excluding carboxylic acids is 1. The van der Waals surface area contributed by atoms with Gasteiger partial charge in [-0.25, -0.2) is 4.39 Å². The summed E-state index contributed by atoms with van der Waals surface area (Å²) in [5.74, 6) is -0.165. The van der Waals surface area contributed by atoms with Gasteiger partial charge in [-0.15, -0.1) is 0 Å². The van der Waals surface area contributed by atoms with Crippen LogP contribution in [0.25, 0.3) is 0 Å². The van der Waals surface area contributed by atoms with Crippen molar-refractivity contribution in [1.82, 2.24) is 5.32 Å². The summed E-state index contributed by atoms with van der Waals surface area (Å²) in [6, 6.07) is 4.76. The molecule has 0 aliphatic rings. The summed E-state index contributed by atoms with van der Waals surface area (Å²) in [6.07, 6.45) is 2.29. The Bertz CT molecular complexity index is 382. The molecule has 1 rings (SSSR count). The number of carbonyl (C=O) groups is 1. The van der Waals surface area contributed by atoms with Gasteiger partial charge in [-0.05, 0) is 50.6 Å². The maximum atomic E-state index is 12.9. The van der Waals surface area contributed by atoms with E-state index >= 15 is 0 Å². The Morgan fingerprint density at radius 3 is 2.82 bits per heavy atom. The maximum absolute atomic E-state index is 12.9. The lowest BCUT2D eigenvalue weighted by molar-refractivity contribution is -0.117. The van der Waals surface area contributed by atoms with E-state index in [0.29, 0.717) is 6.42 Å². The zero-order valence-electron chi connectivity index (χ0n) is 9.93. The molecule has 0 aromatic heterocycles. The van der Waals surface area contributed by atoms with Crippen molar-refractivity contribution in [1.29, 1.82) is 0 Å². The smallest absolute Gasteiger partial charge is 0.141 e. The highest BCUT2D eigenvalue weighted by atomic mass is 35.5. The first-order chi connectivity index (χ1) is 8.09. The summed E-state index contributed by atoms with van der Waals surface area (Å²) >= 11 is 5.68. The van der Waals surface area contributed by atoms with Crippen LogP contribution in [0.3, 0.4) is 0 Å². The number of halogens is 2. The van der Waals surface area contributed by atoms with Gasteiger partial charge in [0.25, 0.3) is 0 Å². The molecule has 0 saturated heterocycles. The standard InChI is InChI=1S/C13H17ClFNO/c1-10(17)3-2-7-16-8-6-11-4-5-13(15)12(14)9-11/h4-5,9,16H,2-3,6-8H2,1H3. The molecule has 0 spiro atoms. The van der Waals surface area contributed by atoms with Crippen LogP contribution in [0.5, 0.6) is 0 Å². The van der Waals surface area contributed by atoms with Gasteiger partial charge in [0.05, 0.1) is 5.02 Å². The SMILES string of the molecule is CC(=O)CCCNCCc1ccc(F)c(Cl)c1. The van der Waals surface area contributed by atoms with Crippen LogP contribution >= 0.6 is 11.6 Å². The lowest BCUT2D eigenvalue weighted by atomic mass is 10.1. The zero-order valence-corrected chi connectivity index (χ0v) is 10.7. The van der Waals surface area contributed by atoms with E-state index in [2.05, 4.69) is 5.32 Å². The molecular formula is C13H17ClFNO. The molecule has 94 valence electrons. The second kappa shape index (κ2) is 7.41. The minimum absolute atomic E-state index is 0.166. The van der Waals surface area contributed by atoms with Gasteiger partial charge in [0.1, 0.15) is 11.6 Å². The van der Waals surface area contributed by atoms with Gasteiger partial charge in [-0.1, -0.05) is 17.7 Å². The van der Waals surface area contributed by atoms with Crippen LogP contribution in [0.4, 0.5) is 4.39 Å². The number of rotatable bonds is 7. The van der Waals surface area contributed by atoms with E-state index in [9.17, 15) is 9.18 Å². The van der Waals surface area contributed by atoms with Crippen LogP contribution in [-0.4, -0.2) is 18.9 Å². The fourth-order valence-electron chi connectivity index (χ4n) is 1.52. The lowest BCUT2D eigenvalue weighted by Crippen LogP contribution is -2.19. The number of hydrogen-bond donors (Lipinski definition) is 1. The fraction of sp³-hybridized carbons (Fsp3) is 0.462. The molecule has 0 saturated carbocycles. The number of nitrogens with one attached hydrogen (secondary N) is 1. The maximum Gasteiger partial charge on any atom is 0.141 e. The summed E-state index contributed by atoms with van der Waals surface area (Å²) in [7, 11) is 0. The quantitative estimate of drug-likeness (QED) is 0.761. The van der Waals surface area contributed by atoms with Gasteiger partial charge >= 0.3 is 0 Å². The molecule has 0 atom stereocenters. The van der Waals surface area contributed by atoms with E-state index in [4.69, 9.17) is 11.6 Å². The minimum atomic E-state index is -0.384. The zero-order chi connectivity index (χ0) is 12.7.